The van der Waals surface area contributed by atoms with Crippen molar-refractivity contribution in [1.82, 2.24) is 19.9 Å². The number of hydrogen-bond donors (Lipinski definition) is 2. The number of aromatic amines is 2. The third-order valence-electron chi connectivity index (χ3n) is 4.33. The molecule has 0 atom stereocenters. The van der Waals surface area contributed by atoms with E-state index in [0.29, 0.717) is 0 Å². The van der Waals surface area contributed by atoms with Crippen molar-refractivity contribution in [3.05, 3.63) is 50.5 Å². The molecule has 3 rings (SSSR count). The van der Waals surface area contributed by atoms with Gasteiger partial charge in [-0.1, -0.05) is 6.92 Å². The van der Waals surface area contributed by atoms with Crippen molar-refractivity contribution >= 4 is 0 Å². The van der Waals surface area contributed by atoms with E-state index in [9.17, 15) is 4.79 Å². The lowest BCUT2D eigenvalue weighted by molar-refractivity contribution is 0.237. The molecule has 1 aliphatic rings. The highest BCUT2D eigenvalue weighted by Gasteiger charge is 2.21. The number of rotatable bonds is 4. The van der Waals surface area contributed by atoms with Gasteiger partial charge in [0, 0.05) is 43.0 Å². The van der Waals surface area contributed by atoms with Crippen molar-refractivity contribution < 1.29 is 0 Å². The Morgan fingerprint density at radius 3 is 2.82 bits per heavy atom. The number of hydrogen-bond acceptors (Lipinski definition) is 3. The summed E-state index contributed by atoms with van der Waals surface area (Å²) in [6.07, 6.45) is 2.60. The smallest absolute Gasteiger partial charge is 0.254 e. The molecule has 5 nitrogen and oxygen atoms in total. The summed E-state index contributed by atoms with van der Waals surface area (Å²) in [5.41, 5.74) is 5.65. The van der Waals surface area contributed by atoms with Gasteiger partial charge in [-0.15, -0.1) is 0 Å². The molecule has 0 radical (unpaired) electrons. The molecule has 2 N–H and O–H groups in total. The summed E-state index contributed by atoms with van der Waals surface area (Å²) in [6, 6.07) is 2.18. The van der Waals surface area contributed by atoms with Crippen molar-refractivity contribution in [3.63, 3.8) is 0 Å². The molecule has 22 heavy (non-hydrogen) atoms. The Balaban J connectivity index is 1.80. The number of H-pyrrole nitrogens is 2. The van der Waals surface area contributed by atoms with Gasteiger partial charge in [0.05, 0.1) is 5.69 Å². The zero-order valence-corrected chi connectivity index (χ0v) is 13.6. The first-order valence-electron chi connectivity index (χ1n) is 8.05. The average Bonchev–Trinajstić information content (AvgIpc) is 2.77. The fourth-order valence-electron chi connectivity index (χ4n) is 3.21. The van der Waals surface area contributed by atoms with Gasteiger partial charge in [0.2, 0.25) is 0 Å². The second-order valence-corrected chi connectivity index (χ2v) is 6.26. The molecule has 0 fully saturated rings. The molecule has 2 aromatic heterocycles. The highest BCUT2D eigenvalue weighted by molar-refractivity contribution is 5.25. The summed E-state index contributed by atoms with van der Waals surface area (Å²) in [7, 11) is 0. The van der Waals surface area contributed by atoms with Gasteiger partial charge in [0.25, 0.3) is 5.56 Å². The zero-order valence-electron chi connectivity index (χ0n) is 13.6. The molecule has 0 aromatic carbocycles. The third-order valence-corrected chi connectivity index (χ3v) is 4.33. The molecule has 0 bridgehead atoms. The third kappa shape index (κ3) is 2.99. The normalized spacial score (nSPS) is 15.0. The van der Waals surface area contributed by atoms with Crippen LogP contribution in [0.4, 0.5) is 0 Å². The van der Waals surface area contributed by atoms with Crippen LogP contribution >= 0.6 is 0 Å². The SMILES string of the molecule is CCCc1nc2c(c(=O)[nH]1)CCN(Cc1[nH]c(C)cc1C)C2. The highest BCUT2D eigenvalue weighted by Crippen LogP contribution is 2.18. The van der Waals surface area contributed by atoms with E-state index in [1.54, 1.807) is 0 Å². The van der Waals surface area contributed by atoms with Gasteiger partial charge in [-0.05, 0) is 38.3 Å². The van der Waals surface area contributed by atoms with Crippen LogP contribution in [0, 0.1) is 13.8 Å². The van der Waals surface area contributed by atoms with Gasteiger partial charge in [0.15, 0.2) is 0 Å². The Morgan fingerprint density at radius 2 is 2.14 bits per heavy atom. The van der Waals surface area contributed by atoms with Gasteiger partial charge in [0.1, 0.15) is 5.82 Å². The van der Waals surface area contributed by atoms with E-state index in [4.69, 9.17) is 0 Å². The Morgan fingerprint density at radius 1 is 1.32 bits per heavy atom. The summed E-state index contributed by atoms with van der Waals surface area (Å²) in [4.78, 5) is 25.6. The number of nitrogens with zero attached hydrogens (tertiary/aromatic N) is 2. The minimum Gasteiger partial charge on any atom is -0.361 e. The maximum Gasteiger partial charge on any atom is 0.254 e. The van der Waals surface area contributed by atoms with Crippen LogP contribution in [0.1, 0.15) is 47.4 Å². The summed E-state index contributed by atoms with van der Waals surface area (Å²) in [6.45, 7) is 8.87. The van der Waals surface area contributed by atoms with Crippen LogP contribution in [0.5, 0.6) is 0 Å². The number of fused-ring (bicyclic) bond motifs is 1. The fourth-order valence-corrected chi connectivity index (χ4v) is 3.21. The van der Waals surface area contributed by atoms with Crippen LogP contribution < -0.4 is 5.56 Å². The van der Waals surface area contributed by atoms with E-state index < -0.39 is 0 Å². The Kier molecular flexibility index (Phi) is 4.16. The molecule has 5 heteroatoms. The predicted molar refractivity (Wildman–Crippen MR) is 86.9 cm³/mol. The van der Waals surface area contributed by atoms with Crippen LogP contribution in [-0.4, -0.2) is 26.4 Å². The molecular weight excluding hydrogens is 276 g/mol. The lowest BCUT2D eigenvalue weighted by atomic mass is 10.1. The molecule has 0 unspecified atom stereocenters. The highest BCUT2D eigenvalue weighted by atomic mass is 16.1. The van der Waals surface area contributed by atoms with Crippen molar-refractivity contribution in [3.8, 4) is 0 Å². The van der Waals surface area contributed by atoms with E-state index in [0.717, 1.165) is 56.0 Å². The standard InChI is InChI=1S/C17H24N4O/c1-4-5-16-19-15-10-21(7-6-13(15)17(22)20-16)9-14-11(2)8-12(3)18-14/h8,18H,4-7,9-10H2,1-3H3,(H,19,20,22). The summed E-state index contributed by atoms with van der Waals surface area (Å²) < 4.78 is 0. The predicted octanol–water partition coefficient (Wildman–Crippen LogP) is 2.23. The number of aryl methyl sites for hydroxylation is 3. The monoisotopic (exact) mass is 300 g/mol. The van der Waals surface area contributed by atoms with E-state index >= 15 is 0 Å². The first kappa shape index (κ1) is 15.0. The maximum absolute atomic E-state index is 12.2. The first-order valence-corrected chi connectivity index (χ1v) is 8.05. The molecule has 0 aliphatic carbocycles. The van der Waals surface area contributed by atoms with Crippen molar-refractivity contribution in [2.24, 2.45) is 0 Å². The van der Waals surface area contributed by atoms with Crippen LogP contribution in [-0.2, 0) is 25.9 Å². The largest absolute Gasteiger partial charge is 0.361 e. The van der Waals surface area contributed by atoms with E-state index in [2.05, 4.69) is 46.7 Å². The lowest BCUT2D eigenvalue weighted by Gasteiger charge is -2.27. The summed E-state index contributed by atoms with van der Waals surface area (Å²) in [5.74, 6) is 0.819. The minimum atomic E-state index is 0.0556. The minimum absolute atomic E-state index is 0.0556. The van der Waals surface area contributed by atoms with E-state index in [1.807, 2.05) is 0 Å². The Bertz CT molecular complexity index is 729. The second-order valence-electron chi connectivity index (χ2n) is 6.26. The molecular formula is C17H24N4O. The Hall–Kier alpha value is -1.88. The number of nitrogens with one attached hydrogen (secondary N) is 2. The molecule has 2 aromatic rings. The molecule has 0 amide bonds. The van der Waals surface area contributed by atoms with Gasteiger partial charge >= 0.3 is 0 Å². The molecule has 0 saturated heterocycles. The van der Waals surface area contributed by atoms with Crippen LogP contribution in [0.2, 0.25) is 0 Å². The van der Waals surface area contributed by atoms with Crippen molar-refractivity contribution in [1.29, 1.82) is 0 Å². The fraction of sp³-hybridized carbons (Fsp3) is 0.529. The van der Waals surface area contributed by atoms with Crippen LogP contribution in [0.25, 0.3) is 0 Å². The van der Waals surface area contributed by atoms with Gasteiger partial charge in [-0.2, -0.15) is 0 Å². The van der Waals surface area contributed by atoms with E-state index in [-0.39, 0.29) is 5.56 Å². The quantitative estimate of drug-likeness (QED) is 0.910. The zero-order chi connectivity index (χ0) is 15.7. The Labute approximate surface area is 130 Å². The maximum atomic E-state index is 12.2. The van der Waals surface area contributed by atoms with Crippen LogP contribution in [0.3, 0.4) is 0 Å². The first-order chi connectivity index (χ1) is 10.6. The topological polar surface area (TPSA) is 64.8 Å². The summed E-state index contributed by atoms with van der Waals surface area (Å²) in [5, 5.41) is 0. The van der Waals surface area contributed by atoms with Crippen molar-refractivity contribution in [2.75, 3.05) is 6.54 Å². The molecule has 3 heterocycles. The van der Waals surface area contributed by atoms with Gasteiger partial charge in [-0.3, -0.25) is 9.69 Å². The van der Waals surface area contributed by atoms with Crippen LogP contribution in [0.15, 0.2) is 10.9 Å². The average molecular weight is 300 g/mol. The van der Waals surface area contributed by atoms with Gasteiger partial charge in [-0.25, -0.2) is 4.98 Å². The molecule has 0 spiro atoms. The number of aromatic nitrogens is 3. The van der Waals surface area contributed by atoms with Gasteiger partial charge < -0.3 is 9.97 Å². The molecule has 118 valence electrons. The summed E-state index contributed by atoms with van der Waals surface area (Å²) >= 11 is 0. The van der Waals surface area contributed by atoms with E-state index in [1.165, 1.54) is 17.0 Å². The molecule has 1 aliphatic heterocycles. The lowest BCUT2D eigenvalue weighted by Crippen LogP contribution is -2.35. The molecule has 0 saturated carbocycles. The van der Waals surface area contributed by atoms with Crippen molar-refractivity contribution in [2.45, 2.75) is 53.1 Å². The second kappa shape index (κ2) is 6.08.